The fourth-order valence-electron chi connectivity index (χ4n) is 7.92. The van der Waals surface area contributed by atoms with Gasteiger partial charge in [0.1, 0.15) is 5.58 Å². The maximum Gasteiger partial charge on any atom is 0.121 e. The van der Waals surface area contributed by atoms with E-state index in [2.05, 4.69) is 122 Å². The summed E-state index contributed by atoms with van der Waals surface area (Å²) in [4.78, 5) is 9.27. The number of rotatable bonds is 7. The molecular weight excluding hydrogens is 942 g/mol. The first-order valence-corrected chi connectivity index (χ1v) is 20.4. The number of pyridine rings is 1. The fraction of sp³-hybridized carbons (Fsp3) is 0.143. The molecule has 0 unspecified atom stereocenters. The van der Waals surface area contributed by atoms with Crippen molar-refractivity contribution in [2.75, 3.05) is 0 Å². The quantitative estimate of drug-likeness (QED) is 0.149. The molecule has 62 heavy (non-hydrogen) atoms. The van der Waals surface area contributed by atoms with Gasteiger partial charge < -0.3 is 14.0 Å². The minimum atomic E-state index is -2.23. The summed E-state index contributed by atoms with van der Waals surface area (Å²) < 4.78 is 66.9. The van der Waals surface area contributed by atoms with Crippen LogP contribution in [0.25, 0.3) is 83.6 Å². The third-order valence-corrected chi connectivity index (χ3v) is 11.0. The van der Waals surface area contributed by atoms with E-state index in [0.29, 0.717) is 22.4 Å². The predicted molar refractivity (Wildman–Crippen MR) is 250 cm³/mol. The standard InChI is InChI=1S/C44H37N2O.C12H9FN.Ir/c1-27(2)37-25-33(32-21-19-31(20-22-32)30-12-7-6-8-13-30)26-38(28(3)4)42(37)46-40-17-10-9-16-39(40)45-44(46)36-15-11-14-35-34-23-18-29(5)24-41(34)47-43(35)36;1-9-2-7-12(14-8-9)10-3-5-11(13)6-4-10;/h6-14,16-28H,1-5H3;2-3,5-8H,1H3;/q2*-1;/i5D3;1D3;. The number of nitrogens with zero attached hydrogens (tertiary/aromatic N) is 3. The number of aromatic nitrogens is 3. The number of hydrogen-bond acceptors (Lipinski definition) is 3. The summed E-state index contributed by atoms with van der Waals surface area (Å²) in [5.41, 5.74) is 13.7. The van der Waals surface area contributed by atoms with Gasteiger partial charge in [-0.15, -0.1) is 48.0 Å². The molecule has 0 amide bonds. The van der Waals surface area contributed by atoms with Gasteiger partial charge in [-0.3, -0.25) is 9.37 Å². The monoisotopic (exact) mass is 994 g/mol. The average Bonchev–Trinajstić information content (AvgIpc) is 3.90. The largest absolute Gasteiger partial charge is 0.501 e. The number of fused-ring (bicyclic) bond motifs is 4. The Morgan fingerprint density at radius 3 is 2.00 bits per heavy atom. The third-order valence-electron chi connectivity index (χ3n) is 11.0. The van der Waals surface area contributed by atoms with Crippen LogP contribution in [-0.2, 0) is 20.1 Å². The molecule has 0 aliphatic rings. The Hall–Kier alpha value is -6.46. The molecule has 7 aromatic carbocycles. The molecule has 0 spiro atoms. The van der Waals surface area contributed by atoms with Crippen LogP contribution in [0.3, 0.4) is 0 Å². The Balaban J connectivity index is 0.000000293. The maximum absolute atomic E-state index is 12.7. The summed E-state index contributed by atoms with van der Waals surface area (Å²) in [6.45, 7) is 4.61. The molecular formula is C56H46FIrN3O-2. The van der Waals surface area contributed by atoms with Gasteiger partial charge in [-0.1, -0.05) is 130 Å². The van der Waals surface area contributed by atoms with Gasteiger partial charge in [-0.05, 0) is 106 Å². The molecule has 10 rings (SSSR count). The van der Waals surface area contributed by atoms with Gasteiger partial charge in [0.05, 0.1) is 22.4 Å². The van der Waals surface area contributed by atoms with Crippen molar-refractivity contribution in [2.24, 2.45) is 0 Å². The van der Waals surface area contributed by atoms with Crippen LogP contribution in [0.4, 0.5) is 4.39 Å². The molecule has 3 heterocycles. The molecule has 0 fully saturated rings. The molecule has 3 aromatic heterocycles. The Bertz CT molecular complexity index is 3350. The first kappa shape index (κ1) is 35.2. The number of benzene rings is 7. The average molecular weight is 994 g/mol. The van der Waals surface area contributed by atoms with Crippen LogP contribution in [0.2, 0.25) is 0 Å². The van der Waals surface area contributed by atoms with E-state index in [1.807, 2.05) is 36.4 Å². The van der Waals surface area contributed by atoms with Crippen molar-refractivity contribution in [1.29, 1.82) is 0 Å². The molecule has 1 radical (unpaired) electrons. The number of hydrogen-bond donors (Lipinski definition) is 0. The van der Waals surface area contributed by atoms with Crippen LogP contribution >= 0.6 is 0 Å². The van der Waals surface area contributed by atoms with E-state index in [1.165, 1.54) is 57.8 Å². The van der Waals surface area contributed by atoms with E-state index in [9.17, 15) is 4.39 Å². The summed E-state index contributed by atoms with van der Waals surface area (Å²) in [5, 5.41) is 1.76. The van der Waals surface area contributed by atoms with Crippen molar-refractivity contribution < 1.29 is 37.1 Å². The number of para-hydroxylation sites is 2. The molecule has 0 saturated heterocycles. The second kappa shape index (κ2) is 17.9. The minimum Gasteiger partial charge on any atom is -0.501 e. The third kappa shape index (κ3) is 8.29. The molecule has 6 heteroatoms. The van der Waals surface area contributed by atoms with Crippen molar-refractivity contribution in [3.05, 3.63) is 198 Å². The Labute approximate surface area is 384 Å². The number of furan rings is 1. The number of aryl methyl sites for hydroxylation is 2. The van der Waals surface area contributed by atoms with Crippen molar-refractivity contribution >= 4 is 33.0 Å². The van der Waals surface area contributed by atoms with E-state index in [4.69, 9.17) is 17.6 Å². The summed E-state index contributed by atoms with van der Waals surface area (Å²) >= 11 is 0. The van der Waals surface area contributed by atoms with E-state index in [0.717, 1.165) is 38.9 Å². The SMILES string of the molecule is [2H]C([2H])([2H])c1ccc(-c2[c-]cc(F)cc2)nc1.[2H]C([2H])([2H])c1ccc2c(c1)oc1c(-c3nc4ccccc4n3-c3c(C(C)C)cc(-c4ccc(-c5ccccc5)cc4)cc3C(C)C)[c-]ccc12.[Ir]. The molecule has 0 saturated carbocycles. The van der Waals surface area contributed by atoms with E-state index in [-0.39, 0.29) is 48.9 Å². The summed E-state index contributed by atoms with van der Waals surface area (Å²) in [5.74, 6) is 0.789. The first-order chi connectivity index (χ1) is 32.0. The van der Waals surface area contributed by atoms with Gasteiger partial charge in [-0.2, -0.15) is 0 Å². The zero-order valence-corrected chi connectivity index (χ0v) is 37.0. The number of halogens is 1. The van der Waals surface area contributed by atoms with Crippen molar-refractivity contribution in [3.63, 3.8) is 0 Å². The van der Waals surface area contributed by atoms with Crippen molar-refractivity contribution in [3.8, 4) is 50.6 Å². The smallest absolute Gasteiger partial charge is 0.121 e. The van der Waals surface area contributed by atoms with Gasteiger partial charge in [0, 0.05) is 51.4 Å². The minimum absolute atomic E-state index is 0. The second-order valence-corrected chi connectivity index (χ2v) is 15.8. The van der Waals surface area contributed by atoms with Crippen LogP contribution in [0.15, 0.2) is 162 Å². The van der Waals surface area contributed by atoms with Crippen LogP contribution in [0.5, 0.6) is 0 Å². The summed E-state index contributed by atoms with van der Waals surface area (Å²) in [6, 6.07) is 54.6. The van der Waals surface area contributed by atoms with E-state index < -0.39 is 13.7 Å². The topological polar surface area (TPSA) is 43.9 Å². The predicted octanol–water partition coefficient (Wildman–Crippen LogP) is 15.3. The van der Waals surface area contributed by atoms with Crippen LogP contribution in [0.1, 0.15) is 70.0 Å². The normalized spacial score (nSPS) is 13.1. The summed E-state index contributed by atoms with van der Waals surface area (Å²) in [6.07, 6.45) is 1.31. The van der Waals surface area contributed by atoms with Gasteiger partial charge >= 0.3 is 0 Å². The second-order valence-electron chi connectivity index (χ2n) is 15.8. The molecule has 0 atom stereocenters. The molecule has 0 N–H and O–H groups in total. The van der Waals surface area contributed by atoms with Crippen LogP contribution < -0.4 is 0 Å². The zero-order chi connectivity index (χ0) is 47.2. The molecule has 10 aromatic rings. The maximum atomic E-state index is 12.7. The van der Waals surface area contributed by atoms with Crippen molar-refractivity contribution in [1.82, 2.24) is 14.5 Å². The number of imidazole rings is 1. The van der Waals surface area contributed by atoms with Gasteiger partial charge in [-0.25, -0.2) is 0 Å². The van der Waals surface area contributed by atoms with Crippen molar-refractivity contribution in [2.45, 2.75) is 53.2 Å². The molecule has 0 bridgehead atoms. The zero-order valence-electron chi connectivity index (χ0n) is 40.6. The molecule has 4 nitrogen and oxygen atoms in total. The van der Waals surface area contributed by atoms with E-state index >= 15 is 0 Å². The van der Waals surface area contributed by atoms with E-state index in [1.54, 1.807) is 24.3 Å². The van der Waals surface area contributed by atoms with Crippen LogP contribution in [0, 0.1) is 31.7 Å². The van der Waals surface area contributed by atoms with Gasteiger partial charge in [0.15, 0.2) is 0 Å². The molecule has 0 aliphatic carbocycles. The Morgan fingerprint density at radius 1 is 0.661 bits per heavy atom. The molecule has 309 valence electrons. The summed E-state index contributed by atoms with van der Waals surface area (Å²) in [7, 11) is 0. The van der Waals surface area contributed by atoms with Gasteiger partial charge in [0.25, 0.3) is 0 Å². The first-order valence-electron chi connectivity index (χ1n) is 23.4. The Morgan fingerprint density at radius 2 is 1.34 bits per heavy atom. The fourth-order valence-corrected chi connectivity index (χ4v) is 7.92. The Kier molecular flexibility index (Phi) is 10.1. The van der Waals surface area contributed by atoms with Gasteiger partial charge in [0.2, 0.25) is 0 Å². The van der Waals surface area contributed by atoms with Crippen LogP contribution in [-0.4, -0.2) is 14.5 Å². The molecule has 0 aliphatic heterocycles.